The van der Waals surface area contributed by atoms with Crippen LogP contribution in [0.4, 0.5) is 5.69 Å². The number of carbonyl (C=O) groups is 1. The largest absolute Gasteiger partial charge is 0.466 e. The minimum atomic E-state index is -0.238. The molecule has 0 bridgehead atoms. The number of ether oxygens (including phenoxy) is 1. The van der Waals surface area contributed by atoms with Gasteiger partial charge in [0.1, 0.15) is 0 Å². The van der Waals surface area contributed by atoms with E-state index in [2.05, 4.69) is 33.2 Å². The fourth-order valence-electron chi connectivity index (χ4n) is 4.27. The summed E-state index contributed by atoms with van der Waals surface area (Å²) in [6.07, 6.45) is 13.1. The molecule has 1 fully saturated rings. The summed E-state index contributed by atoms with van der Waals surface area (Å²) in [6.45, 7) is 4.35. The Morgan fingerprint density at radius 3 is 2.75 bits per heavy atom. The second-order valence-electron chi connectivity index (χ2n) is 7.96. The number of esters is 1. The molecular formula is C24H26N6O2. The second-order valence-corrected chi connectivity index (χ2v) is 7.96. The maximum atomic E-state index is 11.8. The molecule has 32 heavy (non-hydrogen) atoms. The number of piperidine rings is 1. The van der Waals surface area contributed by atoms with Crippen molar-refractivity contribution < 1.29 is 9.53 Å². The Morgan fingerprint density at radius 1 is 1.06 bits per heavy atom. The second kappa shape index (κ2) is 8.82. The van der Waals surface area contributed by atoms with Crippen LogP contribution in [0.5, 0.6) is 0 Å². The van der Waals surface area contributed by atoms with E-state index >= 15 is 0 Å². The van der Waals surface area contributed by atoms with E-state index in [4.69, 9.17) is 9.72 Å². The Balaban J connectivity index is 1.45. The predicted octanol–water partition coefficient (Wildman–Crippen LogP) is 3.70. The van der Waals surface area contributed by atoms with Gasteiger partial charge in [-0.3, -0.25) is 9.78 Å². The molecule has 5 rings (SSSR count). The van der Waals surface area contributed by atoms with Gasteiger partial charge in [0.15, 0.2) is 11.6 Å². The first-order chi connectivity index (χ1) is 15.7. The van der Waals surface area contributed by atoms with Crippen molar-refractivity contribution in [2.45, 2.75) is 32.6 Å². The van der Waals surface area contributed by atoms with Crippen LogP contribution in [0.1, 0.15) is 31.7 Å². The summed E-state index contributed by atoms with van der Waals surface area (Å²) < 4.78 is 8.72. The number of carbonyl (C=O) groups excluding carboxylic acids is 1. The van der Waals surface area contributed by atoms with E-state index in [9.17, 15) is 4.79 Å². The van der Waals surface area contributed by atoms with Crippen molar-refractivity contribution in [1.82, 2.24) is 24.3 Å². The van der Waals surface area contributed by atoms with E-state index < -0.39 is 0 Å². The van der Waals surface area contributed by atoms with Crippen LogP contribution in [0, 0.1) is 0 Å². The highest BCUT2D eigenvalue weighted by Crippen LogP contribution is 2.30. The number of hydrogen-bond acceptors (Lipinski definition) is 6. The topological polar surface area (TPSA) is 78.1 Å². The standard InChI is InChI=1S/C24H26N6O2/c1-2-32-24(31)13-18-9-12-29(17-18)22-15-25-16-23(27-22)30-21-8-6-7-20(19(21)14-26-30)28-10-4-3-5-11-28/h6-9,12,14-17H,2-5,10-11,13H2,1H3. The van der Waals surface area contributed by atoms with Crippen molar-refractivity contribution >= 4 is 22.6 Å². The zero-order chi connectivity index (χ0) is 21.9. The molecule has 8 heteroatoms. The molecule has 4 aromatic rings. The first-order valence-electron chi connectivity index (χ1n) is 11.1. The summed E-state index contributed by atoms with van der Waals surface area (Å²) in [5, 5.41) is 5.76. The van der Waals surface area contributed by atoms with E-state index in [0.717, 1.165) is 29.6 Å². The van der Waals surface area contributed by atoms with Crippen LogP contribution in [0.3, 0.4) is 0 Å². The maximum Gasteiger partial charge on any atom is 0.310 e. The van der Waals surface area contributed by atoms with Gasteiger partial charge < -0.3 is 14.2 Å². The first-order valence-corrected chi connectivity index (χ1v) is 11.1. The van der Waals surface area contributed by atoms with E-state index in [1.54, 1.807) is 19.3 Å². The van der Waals surface area contributed by atoms with Gasteiger partial charge in [-0.2, -0.15) is 5.10 Å². The van der Waals surface area contributed by atoms with Gasteiger partial charge in [-0.1, -0.05) is 6.07 Å². The Kier molecular flexibility index (Phi) is 5.58. The highest BCUT2D eigenvalue weighted by atomic mass is 16.5. The molecule has 1 aliphatic heterocycles. The van der Waals surface area contributed by atoms with Crippen LogP contribution in [-0.4, -0.2) is 50.0 Å². The van der Waals surface area contributed by atoms with Crippen molar-refractivity contribution in [3.63, 3.8) is 0 Å². The average molecular weight is 431 g/mol. The van der Waals surface area contributed by atoms with Gasteiger partial charge in [-0.15, -0.1) is 0 Å². The van der Waals surface area contributed by atoms with Gasteiger partial charge in [-0.05, 0) is 49.9 Å². The molecular weight excluding hydrogens is 404 g/mol. The summed E-state index contributed by atoms with van der Waals surface area (Å²) in [5.74, 6) is 1.07. The third-order valence-electron chi connectivity index (χ3n) is 5.79. The Labute approximate surface area is 186 Å². The lowest BCUT2D eigenvalue weighted by Gasteiger charge is -2.29. The lowest BCUT2D eigenvalue weighted by atomic mass is 10.1. The van der Waals surface area contributed by atoms with Gasteiger partial charge in [0, 0.05) is 36.6 Å². The van der Waals surface area contributed by atoms with Crippen LogP contribution in [0.2, 0.25) is 0 Å². The van der Waals surface area contributed by atoms with Crippen molar-refractivity contribution in [3.05, 3.63) is 60.8 Å². The molecule has 4 heterocycles. The molecule has 0 atom stereocenters. The molecule has 1 saturated heterocycles. The first kappa shape index (κ1) is 20.2. The minimum absolute atomic E-state index is 0.233. The summed E-state index contributed by atoms with van der Waals surface area (Å²) in [4.78, 5) is 23.4. The smallest absolute Gasteiger partial charge is 0.310 e. The fraction of sp³-hybridized carbons (Fsp3) is 0.333. The average Bonchev–Trinajstić information content (AvgIpc) is 3.47. The van der Waals surface area contributed by atoms with Crippen molar-refractivity contribution in [2.24, 2.45) is 0 Å². The number of hydrogen-bond donors (Lipinski definition) is 0. The number of rotatable bonds is 6. The van der Waals surface area contributed by atoms with Crippen LogP contribution < -0.4 is 4.90 Å². The Morgan fingerprint density at radius 2 is 1.91 bits per heavy atom. The monoisotopic (exact) mass is 430 g/mol. The molecule has 0 aliphatic carbocycles. The molecule has 0 unspecified atom stereocenters. The number of anilines is 1. The molecule has 0 amide bonds. The third-order valence-corrected chi connectivity index (χ3v) is 5.79. The van der Waals surface area contributed by atoms with E-state index in [1.165, 1.54) is 24.9 Å². The van der Waals surface area contributed by atoms with Crippen molar-refractivity contribution in [3.8, 4) is 11.6 Å². The zero-order valence-corrected chi connectivity index (χ0v) is 18.1. The SMILES string of the molecule is CCOC(=O)Cc1ccn(-c2cncc(-n3ncc4c(N5CCCCC5)cccc43)n2)c1. The van der Waals surface area contributed by atoms with Crippen LogP contribution in [-0.2, 0) is 16.0 Å². The van der Waals surface area contributed by atoms with Gasteiger partial charge in [0.05, 0.1) is 37.1 Å². The molecule has 8 nitrogen and oxygen atoms in total. The summed E-state index contributed by atoms with van der Waals surface area (Å²) in [5.41, 5.74) is 3.10. The number of aromatic nitrogens is 5. The molecule has 0 N–H and O–H groups in total. The van der Waals surface area contributed by atoms with Crippen molar-refractivity contribution in [2.75, 3.05) is 24.6 Å². The normalized spacial score (nSPS) is 14.1. The highest BCUT2D eigenvalue weighted by Gasteiger charge is 2.17. The Hall–Kier alpha value is -3.68. The predicted molar refractivity (Wildman–Crippen MR) is 122 cm³/mol. The van der Waals surface area contributed by atoms with E-state index in [0.29, 0.717) is 18.2 Å². The number of fused-ring (bicyclic) bond motifs is 1. The molecule has 1 aromatic carbocycles. The summed E-state index contributed by atoms with van der Waals surface area (Å²) in [7, 11) is 0. The van der Waals surface area contributed by atoms with Gasteiger partial charge in [0.25, 0.3) is 0 Å². The molecule has 3 aromatic heterocycles. The lowest BCUT2D eigenvalue weighted by Crippen LogP contribution is -2.29. The van der Waals surface area contributed by atoms with E-state index in [1.807, 2.05) is 33.9 Å². The molecule has 0 saturated carbocycles. The maximum absolute atomic E-state index is 11.8. The van der Waals surface area contributed by atoms with Crippen LogP contribution in [0.25, 0.3) is 22.5 Å². The van der Waals surface area contributed by atoms with Gasteiger partial charge >= 0.3 is 5.97 Å². The van der Waals surface area contributed by atoms with Crippen molar-refractivity contribution in [1.29, 1.82) is 0 Å². The molecule has 1 aliphatic rings. The summed E-state index contributed by atoms with van der Waals surface area (Å²) in [6, 6.07) is 8.21. The van der Waals surface area contributed by atoms with E-state index in [-0.39, 0.29) is 12.4 Å². The number of benzene rings is 1. The van der Waals surface area contributed by atoms with Crippen LogP contribution in [0.15, 0.2) is 55.2 Å². The highest BCUT2D eigenvalue weighted by molar-refractivity contribution is 5.92. The fourth-order valence-corrected chi connectivity index (χ4v) is 4.27. The molecule has 164 valence electrons. The van der Waals surface area contributed by atoms with Crippen LogP contribution >= 0.6 is 0 Å². The summed E-state index contributed by atoms with van der Waals surface area (Å²) >= 11 is 0. The van der Waals surface area contributed by atoms with Gasteiger partial charge in [0.2, 0.25) is 0 Å². The molecule has 0 radical (unpaired) electrons. The number of nitrogens with zero attached hydrogens (tertiary/aromatic N) is 6. The quantitative estimate of drug-likeness (QED) is 0.434. The van der Waals surface area contributed by atoms with Gasteiger partial charge in [-0.25, -0.2) is 9.67 Å². The zero-order valence-electron chi connectivity index (χ0n) is 18.1. The third kappa shape index (κ3) is 3.95. The minimum Gasteiger partial charge on any atom is -0.466 e. The molecule has 0 spiro atoms. The lowest BCUT2D eigenvalue weighted by molar-refractivity contribution is -0.142. The Bertz CT molecular complexity index is 1240.